The van der Waals surface area contributed by atoms with Gasteiger partial charge in [0.2, 0.25) is 4.77 Å². The van der Waals surface area contributed by atoms with Crippen molar-refractivity contribution < 1.29 is 4.74 Å². The first-order valence-electron chi connectivity index (χ1n) is 6.62. The maximum atomic E-state index is 5.61. The minimum absolute atomic E-state index is 0.485. The van der Waals surface area contributed by atoms with Crippen LogP contribution in [0, 0.1) is 11.7 Å². The Hall–Kier alpha value is -1.95. The lowest BCUT2D eigenvalue weighted by Crippen LogP contribution is -1.97. The molecule has 0 amide bonds. The normalized spacial score (nSPS) is 11.1. The van der Waals surface area contributed by atoms with Crippen LogP contribution >= 0.6 is 12.2 Å². The van der Waals surface area contributed by atoms with E-state index < -0.39 is 0 Å². The minimum Gasteiger partial charge on any atom is -0.494 e. The molecule has 0 bridgehead atoms. The maximum Gasteiger partial charge on any atom is 0.216 e. The van der Waals surface area contributed by atoms with Crippen molar-refractivity contribution in [3.63, 3.8) is 0 Å². The zero-order valence-electron chi connectivity index (χ0n) is 11.7. The van der Waals surface area contributed by atoms with Gasteiger partial charge in [-0.3, -0.25) is 5.10 Å². The predicted octanol–water partition coefficient (Wildman–Crippen LogP) is 3.31. The second kappa shape index (κ2) is 7.00. The Bertz CT molecular complexity index is 627. The lowest BCUT2D eigenvalue weighted by Gasteiger charge is -2.04. The van der Waals surface area contributed by atoms with E-state index in [1.807, 2.05) is 31.2 Å². The van der Waals surface area contributed by atoms with Gasteiger partial charge in [0, 0.05) is 0 Å². The number of rotatable bonds is 6. The quantitative estimate of drug-likeness (QED) is 0.504. The molecular formula is C14H18N4OS. The number of hydrogen-bond acceptors (Lipinski definition) is 4. The molecule has 20 heavy (non-hydrogen) atoms. The van der Waals surface area contributed by atoms with Crippen LogP contribution in [0.25, 0.3) is 0 Å². The molecule has 0 spiro atoms. The summed E-state index contributed by atoms with van der Waals surface area (Å²) in [5, 5.41) is 11.0. The van der Waals surface area contributed by atoms with Gasteiger partial charge in [-0.05, 0) is 55.4 Å². The van der Waals surface area contributed by atoms with Gasteiger partial charge in [-0.15, -0.1) is 0 Å². The third-order valence-corrected chi connectivity index (χ3v) is 3.05. The van der Waals surface area contributed by atoms with Crippen LogP contribution in [0.2, 0.25) is 0 Å². The van der Waals surface area contributed by atoms with Crippen LogP contribution in [0.5, 0.6) is 5.75 Å². The zero-order chi connectivity index (χ0) is 14.4. The van der Waals surface area contributed by atoms with Gasteiger partial charge >= 0.3 is 0 Å². The molecule has 0 radical (unpaired) electrons. The lowest BCUT2D eigenvalue weighted by molar-refractivity contribution is 0.309. The molecule has 0 unspecified atom stereocenters. The average molecular weight is 290 g/mol. The highest BCUT2D eigenvalue weighted by Gasteiger charge is 1.98. The number of hydrogen-bond donors (Lipinski definition) is 1. The van der Waals surface area contributed by atoms with Gasteiger partial charge in [0.15, 0.2) is 0 Å². The minimum atomic E-state index is 0.485. The smallest absolute Gasteiger partial charge is 0.216 e. The van der Waals surface area contributed by atoms with E-state index in [-0.39, 0.29) is 0 Å². The summed E-state index contributed by atoms with van der Waals surface area (Å²) in [6.45, 7) is 4.74. The zero-order valence-corrected chi connectivity index (χ0v) is 12.5. The van der Waals surface area contributed by atoms with Gasteiger partial charge in [-0.1, -0.05) is 13.3 Å². The first-order chi connectivity index (χ1) is 9.70. The molecule has 0 fully saturated rings. The van der Waals surface area contributed by atoms with E-state index in [0.29, 0.717) is 4.77 Å². The average Bonchev–Trinajstić information content (AvgIpc) is 2.78. The van der Waals surface area contributed by atoms with Crippen LogP contribution in [0.3, 0.4) is 0 Å². The molecule has 0 saturated heterocycles. The summed E-state index contributed by atoms with van der Waals surface area (Å²) in [7, 11) is 0. The fourth-order valence-electron chi connectivity index (χ4n) is 1.62. The maximum absolute atomic E-state index is 5.61. The van der Waals surface area contributed by atoms with Crippen LogP contribution in [0.1, 0.15) is 31.2 Å². The first kappa shape index (κ1) is 14.5. The second-order valence-corrected chi connectivity index (χ2v) is 4.79. The van der Waals surface area contributed by atoms with Crippen LogP contribution in [0.4, 0.5) is 0 Å². The van der Waals surface area contributed by atoms with Gasteiger partial charge in [0.25, 0.3) is 0 Å². The van der Waals surface area contributed by atoms with Gasteiger partial charge < -0.3 is 4.74 Å². The molecule has 0 saturated carbocycles. The SMILES string of the molecule is CCCCOc1ccc(/C=N/n2c(C)n[nH]c2=S)cc1. The molecule has 1 aromatic heterocycles. The Labute approximate surface area is 123 Å². The monoisotopic (exact) mass is 290 g/mol. The van der Waals surface area contributed by atoms with E-state index in [1.165, 1.54) is 0 Å². The van der Waals surface area contributed by atoms with Gasteiger partial charge in [0.1, 0.15) is 11.6 Å². The highest BCUT2D eigenvalue weighted by atomic mass is 32.1. The third-order valence-electron chi connectivity index (χ3n) is 2.78. The number of nitrogens with one attached hydrogen (secondary N) is 1. The molecule has 1 aromatic carbocycles. The van der Waals surface area contributed by atoms with Crippen LogP contribution in [0.15, 0.2) is 29.4 Å². The Morgan fingerprint density at radius 1 is 1.40 bits per heavy atom. The molecule has 1 N–H and O–H groups in total. The molecule has 0 aliphatic rings. The van der Waals surface area contributed by atoms with Crippen LogP contribution in [-0.4, -0.2) is 27.7 Å². The molecule has 0 aliphatic carbocycles. The van der Waals surface area contributed by atoms with E-state index in [2.05, 4.69) is 22.2 Å². The summed E-state index contributed by atoms with van der Waals surface area (Å²) in [4.78, 5) is 0. The molecule has 6 heteroatoms. The van der Waals surface area contributed by atoms with Crippen LogP contribution in [-0.2, 0) is 0 Å². The van der Waals surface area contributed by atoms with E-state index >= 15 is 0 Å². The molecule has 1 heterocycles. The van der Waals surface area contributed by atoms with Crippen molar-refractivity contribution in [1.29, 1.82) is 0 Å². The summed E-state index contributed by atoms with van der Waals surface area (Å²) < 4.78 is 7.68. The number of aromatic nitrogens is 3. The van der Waals surface area contributed by atoms with Crippen molar-refractivity contribution in [2.45, 2.75) is 26.7 Å². The largest absolute Gasteiger partial charge is 0.494 e. The van der Waals surface area contributed by atoms with E-state index in [4.69, 9.17) is 17.0 Å². The fraction of sp³-hybridized carbons (Fsp3) is 0.357. The number of nitrogens with zero attached hydrogens (tertiary/aromatic N) is 3. The Morgan fingerprint density at radius 3 is 2.75 bits per heavy atom. The van der Waals surface area contributed by atoms with Gasteiger partial charge in [-0.25, -0.2) is 0 Å². The van der Waals surface area contributed by atoms with Crippen molar-refractivity contribution in [2.75, 3.05) is 6.61 Å². The van der Waals surface area contributed by atoms with E-state index in [0.717, 1.165) is 36.6 Å². The van der Waals surface area contributed by atoms with Crippen molar-refractivity contribution in [1.82, 2.24) is 14.9 Å². The Kier molecular flexibility index (Phi) is 5.06. The van der Waals surface area contributed by atoms with Gasteiger partial charge in [0.05, 0.1) is 12.8 Å². The molecular weight excluding hydrogens is 272 g/mol. The van der Waals surface area contributed by atoms with Crippen molar-refractivity contribution in [3.8, 4) is 5.75 Å². The number of unbranched alkanes of at least 4 members (excludes halogenated alkanes) is 1. The summed E-state index contributed by atoms with van der Waals surface area (Å²) in [6.07, 6.45) is 3.95. The number of benzene rings is 1. The molecule has 106 valence electrons. The molecule has 0 atom stereocenters. The topological polar surface area (TPSA) is 55.2 Å². The van der Waals surface area contributed by atoms with E-state index in [9.17, 15) is 0 Å². The Balaban J connectivity index is 2.02. The predicted molar refractivity (Wildman–Crippen MR) is 82.0 cm³/mol. The van der Waals surface area contributed by atoms with Crippen molar-refractivity contribution in [3.05, 3.63) is 40.4 Å². The van der Waals surface area contributed by atoms with E-state index in [1.54, 1.807) is 10.9 Å². The highest BCUT2D eigenvalue weighted by molar-refractivity contribution is 7.71. The van der Waals surface area contributed by atoms with Crippen LogP contribution < -0.4 is 4.74 Å². The van der Waals surface area contributed by atoms with Crippen molar-refractivity contribution >= 4 is 18.4 Å². The fourth-order valence-corrected chi connectivity index (χ4v) is 1.84. The summed E-state index contributed by atoms with van der Waals surface area (Å²) >= 11 is 5.08. The van der Waals surface area contributed by atoms with Gasteiger partial charge in [-0.2, -0.15) is 14.9 Å². The lowest BCUT2D eigenvalue weighted by atomic mass is 10.2. The number of aryl methyl sites for hydroxylation is 1. The Morgan fingerprint density at radius 2 is 2.15 bits per heavy atom. The third kappa shape index (κ3) is 3.77. The number of ether oxygens (including phenoxy) is 1. The molecule has 5 nitrogen and oxygen atoms in total. The molecule has 0 aliphatic heterocycles. The summed E-state index contributed by atoms with van der Waals surface area (Å²) in [6, 6.07) is 7.81. The number of H-pyrrole nitrogens is 1. The van der Waals surface area contributed by atoms with Crippen molar-refractivity contribution in [2.24, 2.45) is 5.10 Å². The molecule has 2 rings (SSSR count). The summed E-state index contributed by atoms with van der Waals surface area (Å²) in [5.74, 6) is 1.61. The first-order valence-corrected chi connectivity index (χ1v) is 7.02. The number of aromatic amines is 1. The highest BCUT2D eigenvalue weighted by Crippen LogP contribution is 2.11. The molecule has 2 aromatic rings. The standard InChI is InChI=1S/C14H18N4OS/c1-3-4-9-19-13-7-5-12(6-8-13)10-15-18-11(2)16-17-14(18)20/h5-8,10H,3-4,9H2,1-2H3,(H,17,20)/b15-10+. The second-order valence-electron chi connectivity index (χ2n) is 4.40. The summed E-state index contributed by atoms with van der Waals surface area (Å²) in [5.41, 5.74) is 0.982.